The van der Waals surface area contributed by atoms with Crippen molar-refractivity contribution in [2.45, 2.75) is 5.92 Å². The largest absolute Gasteiger partial charge is 0.260 e. The van der Waals surface area contributed by atoms with E-state index in [0.29, 0.717) is 0 Å². The lowest BCUT2D eigenvalue weighted by Gasteiger charge is -2.12. The number of aromatic nitrogens is 1. The second kappa shape index (κ2) is 3.62. The molecule has 0 radical (unpaired) electrons. The Morgan fingerprint density at radius 1 is 1.23 bits per heavy atom. The van der Waals surface area contributed by atoms with Gasteiger partial charge < -0.3 is 0 Å². The second-order valence-electron chi connectivity index (χ2n) is 2.88. The smallest absolute Gasteiger partial charge is 0.0548 e. The molecule has 0 saturated heterocycles. The lowest BCUT2D eigenvalue weighted by molar-refractivity contribution is 1.04. The molecule has 1 nitrogen and oxygen atoms in total. The molecule has 0 bridgehead atoms. The molecule has 0 spiro atoms. The number of allylic oxidation sites excluding steroid dienone is 4. The maximum atomic E-state index is 5.23. The monoisotopic (exact) mass is 187 g/mol. The number of rotatable bonds is 1. The predicted octanol–water partition coefficient (Wildman–Crippen LogP) is 2.66. The second-order valence-corrected chi connectivity index (χ2v) is 3.35. The van der Waals surface area contributed by atoms with Crippen molar-refractivity contribution in [3.8, 4) is 0 Å². The first kappa shape index (κ1) is 8.32. The Kier molecular flexibility index (Phi) is 2.32. The van der Waals surface area contributed by atoms with Crippen LogP contribution in [-0.4, -0.2) is 9.85 Å². The Morgan fingerprint density at radius 3 is 2.85 bits per heavy atom. The van der Waals surface area contributed by atoms with Crippen LogP contribution < -0.4 is 0 Å². The van der Waals surface area contributed by atoms with Crippen LogP contribution in [0.2, 0.25) is 0 Å². The van der Waals surface area contributed by atoms with Crippen LogP contribution in [0.5, 0.6) is 0 Å². The first-order chi connectivity index (χ1) is 6.38. The van der Waals surface area contributed by atoms with Crippen LogP contribution in [0.15, 0.2) is 48.7 Å². The number of nitrogens with zero attached hydrogens (tertiary/aromatic N) is 1. The van der Waals surface area contributed by atoms with Gasteiger partial charge in [0.05, 0.1) is 11.6 Å². The van der Waals surface area contributed by atoms with Crippen molar-refractivity contribution in [3.05, 3.63) is 54.4 Å². The van der Waals surface area contributed by atoms with Crippen molar-refractivity contribution in [1.82, 2.24) is 4.98 Å². The van der Waals surface area contributed by atoms with Gasteiger partial charge in [0.15, 0.2) is 0 Å². The van der Waals surface area contributed by atoms with Crippen LogP contribution in [0.1, 0.15) is 11.6 Å². The summed E-state index contributed by atoms with van der Waals surface area (Å²) >= 11 is 5.23. The predicted molar refractivity (Wildman–Crippen MR) is 57.9 cm³/mol. The van der Waals surface area contributed by atoms with Gasteiger partial charge in [-0.15, -0.1) is 0 Å². The van der Waals surface area contributed by atoms with E-state index in [2.05, 4.69) is 11.1 Å². The van der Waals surface area contributed by atoms with Crippen LogP contribution in [0.3, 0.4) is 0 Å². The summed E-state index contributed by atoms with van der Waals surface area (Å²) in [6.07, 6.45) is 9.79. The summed E-state index contributed by atoms with van der Waals surface area (Å²) in [6, 6.07) is 5.90. The molecule has 2 heteroatoms. The molecule has 1 aliphatic rings. The number of hydrogen-bond donors (Lipinski definition) is 0. The summed E-state index contributed by atoms with van der Waals surface area (Å²) in [5.74, 6) is 0.182. The number of pyridine rings is 1. The maximum absolute atomic E-state index is 5.23. The van der Waals surface area contributed by atoms with E-state index >= 15 is 0 Å². The summed E-state index contributed by atoms with van der Waals surface area (Å²) in [6.45, 7) is 0. The van der Waals surface area contributed by atoms with Gasteiger partial charge >= 0.3 is 0 Å². The van der Waals surface area contributed by atoms with Crippen LogP contribution in [0, 0.1) is 0 Å². The maximum Gasteiger partial charge on any atom is 0.0548 e. The molecule has 1 aromatic heterocycles. The fourth-order valence-electron chi connectivity index (χ4n) is 1.33. The number of thiocarbonyl (C=S) groups is 1. The van der Waals surface area contributed by atoms with Gasteiger partial charge in [0, 0.05) is 11.1 Å². The third-order valence-corrected chi connectivity index (χ3v) is 2.38. The molecular formula is C11H9NS. The standard InChI is InChI=1S/C11H9NS/c13-11-7-2-1-5-9(11)10-6-3-4-8-12-10/h1-9H. The molecule has 2 rings (SSSR count). The van der Waals surface area contributed by atoms with Crippen LogP contribution in [0.25, 0.3) is 0 Å². The van der Waals surface area contributed by atoms with Crippen molar-refractivity contribution < 1.29 is 0 Å². The van der Waals surface area contributed by atoms with Crippen LogP contribution in [0.4, 0.5) is 0 Å². The average Bonchev–Trinajstić information content (AvgIpc) is 2.20. The Labute approximate surface area is 82.8 Å². The van der Waals surface area contributed by atoms with Gasteiger partial charge in [0.1, 0.15) is 0 Å². The van der Waals surface area contributed by atoms with Crippen molar-refractivity contribution in [2.24, 2.45) is 0 Å². The Morgan fingerprint density at radius 2 is 2.15 bits per heavy atom. The van der Waals surface area contributed by atoms with E-state index in [0.717, 1.165) is 10.6 Å². The summed E-state index contributed by atoms with van der Waals surface area (Å²) in [7, 11) is 0. The third kappa shape index (κ3) is 1.73. The Hall–Kier alpha value is -1.28. The number of hydrogen-bond acceptors (Lipinski definition) is 2. The van der Waals surface area contributed by atoms with Gasteiger partial charge in [-0.1, -0.05) is 36.5 Å². The topological polar surface area (TPSA) is 12.9 Å². The van der Waals surface area contributed by atoms with Gasteiger partial charge in [0.2, 0.25) is 0 Å². The summed E-state index contributed by atoms with van der Waals surface area (Å²) < 4.78 is 0. The third-order valence-electron chi connectivity index (χ3n) is 1.99. The Balaban J connectivity index is 2.32. The van der Waals surface area contributed by atoms with Gasteiger partial charge in [-0.05, 0) is 18.2 Å². The zero-order valence-electron chi connectivity index (χ0n) is 7.05. The van der Waals surface area contributed by atoms with Crippen LogP contribution in [-0.2, 0) is 0 Å². The molecule has 0 fully saturated rings. The molecule has 1 atom stereocenters. The highest BCUT2D eigenvalue weighted by atomic mass is 32.1. The highest BCUT2D eigenvalue weighted by molar-refractivity contribution is 7.80. The van der Waals surface area contributed by atoms with E-state index in [4.69, 9.17) is 12.2 Å². The van der Waals surface area contributed by atoms with E-state index in [1.165, 1.54) is 0 Å². The highest BCUT2D eigenvalue weighted by Gasteiger charge is 2.13. The van der Waals surface area contributed by atoms with Crippen molar-refractivity contribution >= 4 is 17.1 Å². The zero-order valence-corrected chi connectivity index (χ0v) is 7.87. The molecule has 1 heterocycles. The van der Waals surface area contributed by atoms with Crippen molar-refractivity contribution in [2.75, 3.05) is 0 Å². The fraction of sp³-hybridized carbons (Fsp3) is 0.0909. The molecule has 13 heavy (non-hydrogen) atoms. The van der Waals surface area contributed by atoms with Gasteiger partial charge in [-0.25, -0.2) is 0 Å². The molecule has 64 valence electrons. The Bertz CT molecular complexity index is 365. The zero-order chi connectivity index (χ0) is 9.10. The quantitative estimate of drug-likeness (QED) is 0.627. The minimum absolute atomic E-state index is 0.182. The van der Waals surface area contributed by atoms with Crippen molar-refractivity contribution in [3.63, 3.8) is 0 Å². The summed E-state index contributed by atoms with van der Waals surface area (Å²) in [4.78, 5) is 5.21. The molecule has 0 amide bonds. The molecule has 1 unspecified atom stereocenters. The molecule has 0 saturated carbocycles. The van der Waals surface area contributed by atoms with E-state index < -0.39 is 0 Å². The van der Waals surface area contributed by atoms with Crippen molar-refractivity contribution in [1.29, 1.82) is 0 Å². The normalized spacial score (nSPS) is 20.6. The first-order valence-electron chi connectivity index (χ1n) is 4.17. The van der Waals surface area contributed by atoms with E-state index in [-0.39, 0.29) is 5.92 Å². The molecule has 0 aromatic carbocycles. The molecule has 0 N–H and O–H groups in total. The van der Waals surface area contributed by atoms with Gasteiger partial charge in [-0.3, -0.25) is 4.98 Å². The van der Waals surface area contributed by atoms with Gasteiger partial charge in [0.25, 0.3) is 0 Å². The minimum atomic E-state index is 0.182. The SMILES string of the molecule is S=C1C=CC=CC1c1ccccn1. The highest BCUT2D eigenvalue weighted by Crippen LogP contribution is 2.20. The molecule has 1 aliphatic carbocycles. The lowest BCUT2D eigenvalue weighted by Crippen LogP contribution is -2.08. The fourth-order valence-corrected chi connectivity index (χ4v) is 1.61. The summed E-state index contributed by atoms with van der Waals surface area (Å²) in [5, 5.41) is 0. The molecule has 1 aromatic rings. The minimum Gasteiger partial charge on any atom is -0.260 e. The first-order valence-corrected chi connectivity index (χ1v) is 4.58. The van der Waals surface area contributed by atoms with Crippen LogP contribution >= 0.6 is 12.2 Å². The van der Waals surface area contributed by atoms with E-state index in [1.54, 1.807) is 6.20 Å². The summed E-state index contributed by atoms with van der Waals surface area (Å²) in [5.41, 5.74) is 1.02. The average molecular weight is 187 g/mol. The van der Waals surface area contributed by atoms with E-state index in [9.17, 15) is 0 Å². The molecular weight excluding hydrogens is 178 g/mol. The lowest BCUT2D eigenvalue weighted by atomic mass is 9.96. The molecule has 0 aliphatic heterocycles. The van der Waals surface area contributed by atoms with E-state index in [1.807, 2.05) is 36.4 Å². The van der Waals surface area contributed by atoms with Gasteiger partial charge in [-0.2, -0.15) is 0 Å².